The zero-order valence-electron chi connectivity index (χ0n) is 10.4. The minimum absolute atomic E-state index is 0.438. The fraction of sp³-hybridized carbons (Fsp3) is 0.467. The Kier molecular flexibility index (Phi) is 5.69. The fourth-order valence-corrected chi connectivity index (χ4v) is 1.89. The van der Waals surface area contributed by atoms with Gasteiger partial charge in [-0.15, -0.1) is 6.58 Å². The van der Waals surface area contributed by atoms with Crippen LogP contribution in [0.2, 0.25) is 0 Å². The first-order valence-corrected chi connectivity index (χ1v) is 6.21. The van der Waals surface area contributed by atoms with Crippen LogP contribution >= 0.6 is 0 Å². The summed E-state index contributed by atoms with van der Waals surface area (Å²) in [7, 11) is 0. The van der Waals surface area contributed by atoms with Crippen LogP contribution in [0.15, 0.2) is 48.7 Å². The Balaban J connectivity index is 2.59. The van der Waals surface area contributed by atoms with E-state index in [1.807, 2.05) is 6.08 Å². The van der Waals surface area contributed by atoms with E-state index in [0.29, 0.717) is 11.8 Å². The molecule has 0 fully saturated rings. The second-order valence-corrected chi connectivity index (χ2v) is 4.18. The minimum Gasteiger partial charge on any atom is -0.385 e. The highest BCUT2D eigenvalue weighted by Gasteiger charge is 2.14. The summed E-state index contributed by atoms with van der Waals surface area (Å²) in [5, 5.41) is 3.46. The smallest absolute Gasteiger partial charge is 0.0302 e. The maximum atomic E-state index is 3.88. The molecular weight excluding hydrogens is 194 g/mol. The van der Waals surface area contributed by atoms with E-state index < -0.39 is 0 Å². The first-order chi connectivity index (χ1) is 7.81. The van der Waals surface area contributed by atoms with Gasteiger partial charge in [0, 0.05) is 24.1 Å². The predicted octanol–water partition coefficient (Wildman–Crippen LogP) is 3.82. The molecule has 0 aromatic carbocycles. The number of hydrogen-bond acceptors (Lipinski definition) is 1. The molecule has 1 rings (SSSR count). The van der Waals surface area contributed by atoms with Gasteiger partial charge in [-0.2, -0.15) is 0 Å². The van der Waals surface area contributed by atoms with Gasteiger partial charge in [0.1, 0.15) is 0 Å². The second kappa shape index (κ2) is 7.10. The number of allylic oxidation sites excluding steroid dienone is 6. The standard InChI is InChI=1S/C15H23N/c1-4-7-11-16-15-10-9-13(6-3)14(12-15)8-5-2/h5-6,8-10,12-14,16H,3-4,7,11H2,1-2H3/b8-5-/t13-,14?/m1/s1. The lowest BCUT2D eigenvalue weighted by Gasteiger charge is -2.21. The Bertz CT molecular complexity index is 297. The summed E-state index contributed by atoms with van der Waals surface area (Å²) in [5.41, 5.74) is 1.25. The molecule has 0 aliphatic heterocycles. The van der Waals surface area contributed by atoms with Crippen molar-refractivity contribution in [2.24, 2.45) is 11.8 Å². The lowest BCUT2D eigenvalue weighted by Crippen LogP contribution is -2.19. The average Bonchev–Trinajstić information content (AvgIpc) is 2.30. The monoisotopic (exact) mass is 217 g/mol. The number of hydrogen-bond donors (Lipinski definition) is 1. The topological polar surface area (TPSA) is 12.0 Å². The quantitative estimate of drug-likeness (QED) is 0.527. The minimum atomic E-state index is 0.438. The van der Waals surface area contributed by atoms with Crippen LogP contribution < -0.4 is 5.32 Å². The van der Waals surface area contributed by atoms with Crippen LogP contribution in [0.3, 0.4) is 0 Å². The summed E-state index contributed by atoms with van der Waals surface area (Å²) in [6.07, 6.45) is 15.5. The molecule has 1 N–H and O–H groups in total. The van der Waals surface area contributed by atoms with Crippen LogP contribution in [0, 0.1) is 11.8 Å². The Hall–Kier alpha value is -1.24. The van der Waals surface area contributed by atoms with Crippen LogP contribution in [0.1, 0.15) is 26.7 Å². The Morgan fingerprint density at radius 3 is 2.88 bits per heavy atom. The number of rotatable bonds is 6. The highest BCUT2D eigenvalue weighted by Crippen LogP contribution is 2.24. The molecule has 2 atom stereocenters. The van der Waals surface area contributed by atoms with Gasteiger partial charge in [-0.1, -0.05) is 43.7 Å². The molecule has 0 heterocycles. The first kappa shape index (κ1) is 12.8. The molecule has 1 aliphatic rings. The maximum Gasteiger partial charge on any atom is 0.0302 e. The molecule has 0 bridgehead atoms. The SMILES string of the molecule is C=C[C@@H]1C=CC(NCCCC)=CC1/C=C\C. The summed E-state index contributed by atoms with van der Waals surface area (Å²) in [6.45, 7) is 9.22. The molecule has 0 aromatic heterocycles. The second-order valence-electron chi connectivity index (χ2n) is 4.18. The molecule has 0 saturated heterocycles. The third-order valence-corrected chi connectivity index (χ3v) is 2.86. The highest BCUT2D eigenvalue weighted by molar-refractivity contribution is 5.28. The van der Waals surface area contributed by atoms with Crippen molar-refractivity contribution in [2.75, 3.05) is 6.54 Å². The summed E-state index contributed by atoms with van der Waals surface area (Å²) < 4.78 is 0. The van der Waals surface area contributed by atoms with Gasteiger partial charge in [0.15, 0.2) is 0 Å². The first-order valence-electron chi connectivity index (χ1n) is 6.21. The third kappa shape index (κ3) is 3.73. The Morgan fingerprint density at radius 2 is 2.25 bits per heavy atom. The van der Waals surface area contributed by atoms with Crippen molar-refractivity contribution in [2.45, 2.75) is 26.7 Å². The van der Waals surface area contributed by atoms with E-state index in [0.717, 1.165) is 6.54 Å². The molecule has 0 radical (unpaired) electrons. The van der Waals surface area contributed by atoms with Gasteiger partial charge in [-0.05, 0) is 19.4 Å². The summed E-state index contributed by atoms with van der Waals surface area (Å²) in [4.78, 5) is 0. The van der Waals surface area contributed by atoms with E-state index in [9.17, 15) is 0 Å². The molecule has 1 unspecified atom stereocenters. The van der Waals surface area contributed by atoms with Crippen LogP contribution in [0.5, 0.6) is 0 Å². The zero-order valence-corrected chi connectivity index (χ0v) is 10.4. The molecule has 1 nitrogen and oxygen atoms in total. The van der Waals surface area contributed by atoms with Gasteiger partial charge in [0.05, 0.1) is 0 Å². The lowest BCUT2D eigenvalue weighted by atomic mass is 9.87. The molecule has 88 valence electrons. The van der Waals surface area contributed by atoms with Crippen molar-refractivity contribution in [3.63, 3.8) is 0 Å². The average molecular weight is 217 g/mol. The van der Waals surface area contributed by atoms with Gasteiger partial charge < -0.3 is 5.32 Å². The van der Waals surface area contributed by atoms with E-state index >= 15 is 0 Å². The van der Waals surface area contributed by atoms with E-state index in [4.69, 9.17) is 0 Å². The summed E-state index contributed by atoms with van der Waals surface area (Å²) >= 11 is 0. The van der Waals surface area contributed by atoms with Crippen LogP contribution in [-0.4, -0.2) is 6.54 Å². The van der Waals surface area contributed by atoms with E-state index in [1.165, 1.54) is 18.5 Å². The zero-order chi connectivity index (χ0) is 11.8. The molecule has 1 heteroatoms. The van der Waals surface area contributed by atoms with Gasteiger partial charge >= 0.3 is 0 Å². The van der Waals surface area contributed by atoms with Gasteiger partial charge in [0.2, 0.25) is 0 Å². The summed E-state index contributed by atoms with van der Waals surface area (Å²) in [6, 6.07) is 0. The van der Waals surface area contributed by atoms with E-state index in [2.05, 4.69) is 56.1 Å². The molecule has 1 aliphatic carbocycles. The van der Waals surface area contributed by atoms with Crippen LogP contribution in [0.4, 0.5) is 0 Å². The van der Waals surface area contributed by atoms with Crippen molar-refractivity contribution in [1.82, 2.24) is 5.32 Å². The Morgan fingerprint density at radius 1 is 1.44 bits per heavy atom. The summed E-state index contributed by atoms with van der Waals surface area (Å²) in [5.74, 6) is 0.893. The van der Waals surface area contributed by atoms with Gasteiger partial charge in [-0.25, -0.2) is 0 Å². The lowest BCUT2D eigenvalue weighted by molar-refractivity contribution is 0.640. The normalized spacial score (nSPS) is 24.5. The van der Waals surface area contributed by atoms with Crippen molar-refractivity contribution in [1.29, 1.82) is 0 Å². The van der Waals surface area contributed by atoms with Crippen LogP contribution in [-0.2, 0) is 0 Å². The molecule has 0 saturated carbocycles. The van der Waals surface area contributed by atoms with Crippen molar-refractivity contribution < 1.29 is 0 Å². The predicted molar refractivity (Wildman–Crippen MR) is 72.1 cm³/mol. The van der Waals surface area contributed by atoms with Crippen molar-refractivity contribution >= 4 is 0 Å². The number of nitrogens with one attached hydrogen (secondary N) is 1. The number of unbranched alkanes of at least 4 members (excludes halogenated alkanes) is 1. The largest absolute Gasteiger partial charge is 0.385 e. The van der Waals surface area contributed by atoms with Gasteiger partial charge in [0.25, 0.3) is 0 Å². The molecule has 16 heavy (non-hydrogen) atoms. The van der Waals surface area contributed by atoms with Crippen molar-refractivity contribution in [3.8, 4) is 0 Å². The highest BCUT2D eigenvalue weighted by atomic mass is 14.9. The molecule has 0 amide bonds. The molecular formula is C15H23N. The van der Waals surface area contributed by atoms with Crippen LogP contribution in [0.25, 0.3) is 0 Å². The van der Waals surface area contributed by atoms with Gasteiger partial charge in [-0.3, -0.25) is 0 Å². The van der Waals surface area contributed by atoms with Crippen molar-refractivity contribution in [3.05, 3.63) is 48.7 Å². The molecule has 0 aromatic rings. The third-order valence-electron chi connectivity index (χ3n) is 2.86. The Labute approximate surface area is 99.6 Å². The maximum absolute atomic E-state index is 3.88. The molecule has 0 spiro atoms. The van der Waals surface area contributed by atoms with E-state index in [-0.39, 0.29) is 0 Å². The fourth-order valence-electron chi connectivity index (χ4n) is 1.89. The van der Waals surface area contributed by atoms with E-state index in [1.54, 1.807) is 0 Å².